The molecule has 1 aliphatic heterocycles. The number of fused-ring (bicyclic) bond motifs is 1. The van der Waals surface area contributed by atoms with E-state index in [2.05, 4.69) is 36.5 Å². The fraction of sp³-hybridized carbons (Fsp3) is 0.524. The Hall–Kier alpha value is -2.70. The van der Waals surface area contributed by atoms with Crippen molar-refractivity contribution in [3.8, 4) is 11.5 Å². The summed E-state index contributed by atoms with van der Waals surface area (Å²) in [6.07, 6.45) is 1.80. The third kappa shape index (κ3) is 4.58. The quantitative estimate of drug-likeness (QED) is 0.566. The molecule has 0 aliphatic carbocycles. The highest BCUT2D eigenvalue weighted by Gasteiger charge is 2.21. The van der Waals surface area contributed by atoms with Gasteiger partial charge in [0.15, 0.2) is 17.5 Å². The van der Waals surface area contributed by atoms with E-state index >= 15 is 0 Å². The van der Waals surface area contributed by atoms with Crippen LogP contribution >= 0.6 is 0 Å². The van der Waals surface area contributed by atoms with E-state index < -0.39 is 0 Å². The minimum Gasteiger partial charge on any atom is -0.486 e. The standard InChI is InChI=1S/C21H31N5O2/c1-5-17-16(18(6-2)26(4)25-17)13-24-21(22-7-3)23-12-15-14-27-19-10-8-9-11-20(19)28-15/h8-11,15H,5-7,12-14H2,1-4H3,(H2,22,23,24). The number of aliphatic imine (C=N–C) groups is 1. The van der Waals surface area contributed by atoms with E-state index in [4.69, 9.17) is 14.5 Å². The zero-order valence-corrected chi connectivity index (χ0v) is 17.3. The maximum Gasteiger partial charge on any atom is 0.191 e. The number of nitrogens with one attached hydrogen (secondary N) is 2. The van der Waals surface area contributed by atoms with E-state index in [1.165, 1.54) is 11.3 Å². The first-order valence-corrected chi connectivity index (χ1v) is 10.1. The SMILES string of the molecule is CCNC(=NCc1c(CC)nn(C)c1CC)NCC1COc2ccccc2O1. The van der Waals surface area contributed by atoms with Crippen molar-refractivity contribution in [1.82, 2.24) is 20.4 Å². The normalized spacial score (nSPS) is 16.1. The molecule has 28 heavy (non-hydrogen) atoms. The fourth-order valence-electron chi connectivity index (χ4n) is 3.45. The topological polar surface area (TPSA) is 72.7 Å². The smallest absolute Gasteiger partial charge is 0.191 e. The summed E-state index contributed by atoms with van der Waals surface area (Å²) in [6, 6.07) is 7.76. The van der Waals surface area contributed by atoms with Gasteiger partial charge in [-0.05, 0) is 31.9 Å². The van der Waals surface area contributed by atoms with E-state index in [0.717, 1.165) is 42.5 Å². The van der Waals surface area contributed by atoms with Gasteiger partial charge >= 0.3 is 0 Å². The average molecular weight is 386 g/mol. The Labute approximate surface area is 167 Å². The molecule has 7 heteroatoms. The number of guanidine groups is 1. The molecule has 1 aromatic carbocycles. The van der Waals surface area contributed by atoms with Crippen molar-refractivity contribution in [3.63, 3.8) is 0 Å². The molecule has 3 rings (SSSR count). The minimum atomic E-state index is -0.0606. The Morgan fingerprint density at radius 3 is 2.68 bits per heavy atom. The van der Waals surface area contributed by atoms with Gasteiger partial charge in [-0.1, -0.05) is 26.0 Å². The summed E-state index contributed by atoms with van der Waals surface area (Å²) in [5.41, 5.74) is 3.60. The molecule has 0 saturated heterocycles. The van der Waals surface area contributed by atoms with Crippen LogP contribution in [0.3, 0.4) is 0 Å². The van der Waals surface area contributed by atoms with Crippen molar-refractivity contribution >= 4 is 5.96 Å². The van der Waals surface area contributed by atoms with Gasteiger partial charge in [0.25, 0.3) is 0 Å². The van der Waals surface area contributed by atoms with Gasteiger partial charge in [0.1, 0.15) is 12.7 Å². The van der Waals surface area contributed by atoms with Gasteiger partial charge in [0.05, 0.1) is 18.8 Å². The highest BCUT2D eigenvalue weighted by atomic mass is 16.6. The van der Waals surface area contributed by atoms with Crippen molar-refractivity contribution in [3.05, 3.63) is 41.2 Å². The van der Waals surface area contributed by atoms with Crippen LogP contribution in [0.4, 0.5) is 0 Å². The van der Waals surface area contributed by atoms with Crippen molar-refractivity contribution in [1.29, 1.82) is 0 Å². The number of hydrogen-bond acceptors (Lipinski definition) is 4. The van der Waals surface area contributed by atoms with Crippen LogP contribution in [-0.2, 0) is 26.4 Å². The van der Waals surface area contributed by atoms with Crippen LogP contribution < -0.4 is 20.1 Å². The van der Waals surface area contributed by atoms with Gasteiger partial charge in [0, 0.05) is 24.8 Å². The molecule has 1 atom stereocenters. The maximum atomic E-state index is 6.02. The molecule has 0 spiro atoms. The third-order valence-electron chi connectivity index (χ3n) is 4.83. The summed E-state index contributed by atoms with van der Waals surface area (Å²) >= 11 is 0. The van der Waals surface area contributed by atoms with Gasteiger partial charge in [-0.25, -0.2) is 4.99 Å². The zero-order valence-electron chi connectivity index (χ0n) is 17.3. The van der Waals surface area contributed by atoms with Crippen LogP contribution in [-0.4, -0.2) is 41.5 Å². The number of benzene rings is 1. The molecule has 2 N–H and O–H groups in total. The molecule has 152 valence electrons. The maximum absolute atomic E-state index is 6.02. The van der Waals surface area contributed by atoms with Crippen molar-refractivity contribution < 1.29 is 9.47 Å². The summed E-state index contributed by atoms with van der Waals surface area (Å²) in [5, 5.41) is 11.3. The predicted molar refractivity (Wildman–Crippen MR) is 111 cm³/mol. The van der Waals surface area contributed by atoms with Crippen molar-refractivity contribution in [2.24, 2.45) is 12.0 Å². The molecular weight excluding hydrogens is 354 g/mol. The summed E-state index contributed by atoms with van der Waals surface area (Å²) < 4.78 is 13.8. The molecule has 2 heterocycles. The lowest BCUT2D eigenvalue weighted by atomic mass is 10.1. The predicted octanol–water partition coefficient (Wildman–Crippen LogP) is 2.44. The lowest BCUT2D eigenvalue weighted by Gasteiger charge is -2.27. The van der Waals surface area contributed by atoms with E-state index in [1.807, 2.05) is 36.0 Å². The van der Waals surface area contributed by atoms with E-state index in [-0.39, 0.29) is 6.10 Å². The lowest BCUT2D eigenvalue weighted by molar-refractivity contribution is 0.0936. The molecule has 2 aromatic rings. The molecule has 1 unspecified atom stereocenters. The minimum absolute atomic E-state index is 0.0606. The number of rotatable bonds is 7. The molecule has 0 radical (unpaired) electrons. The molecule has 0 saturated carbocycles. The average Bonchev–Trinajstić information content (AvgIpc) is 3.04. The van der Waals surface area contributed by atoms with Gasteiger partial charge in [-0.3, -0.25) is 4.68 Å². The Bertz CT molecular complexity index is 815. The largest absolute Gasteiger partial charge is 0.486 e. The first-order valence-electron chi connectivity index (χ1n) is 10.1. The number of hydrogen-bond donors (Lipinski definition) is 2. The van der Waals surface area contributed by atoms with E-state index in [9.17, 15) is 0 Å². The summed E-state index contributed by atoms with van der Waals surface area (Å²) in [5.74, 6) is 2.37. The van der Waals surface area contributed by atoms with Crippen LogP contribution in [0, 0.1) is 0 Å². The summed E-state index contributed by atoms with van der Waals surface area (Å²) in [4.78, 5) is 4.79. The summed E-state index contributed by atoms with van der Waals surface area (Å²) in [6.45, 7) is 8.90. The fourth-order valence-corrected chi connectivity index (χ4v) is 3.45. The molecule has 1 aliphatic rings. The van der Waals surface area contributed by atoms with Crippen LogP contribution in [0.5, 0.6) is 11.5 Å². The first kappa shape index (κ1) is 20.0. The molecule has 1 aromatic heterocycles. The monoisotopic (exact) mass is 385 g/mol. The Balaban J connectivity index is 1.64. The number of aryl methyl sites for hydroxylation is 2. The van der Waals surface area contributed by atoms with Crippen LogP contribution in [0.2, 0.25) is 0 Å². The van der Waals surface area contributed by atoms with Crippen molar-refractivity contribution in [2.45, 2.75) is 46.3 Å². The Morgan fingerprint density at radius 2 is 1.96 bits per heavy atom. The Kier molecular flexibility index (Phi) is 6.79. The van der Waals surface area contributed by atoms with Crippen molar-refractivity contribution in [2.75, 3.05) is 19.7 Å². The Morgan fingerprint density at radius 1 is 1.18 bits per heavy atom. The molecular formula is C21H31N5O2. The van der Waals surface area contributed by atoms with Crippen LogP contribution in [0.25, 0.3) is 0 Å². The second-order valence-electron chi connectivity index (χ2n) is 6.78. The summed E-state index contributed by atoms with van der Waals surface area (Å²) in [7, 11) is 2.01. The lowest BCUT2D eigenvalue weighted by Crippen LogP contribution is -2.45. The van der Waals surface area contributed by atoms with Gasteiger partial charge in [0.2, 0.25) is 0 Å². The number of ether oxygens (including phenoxy) is 2. The number of aromatic nitrogens is 2. The molecule has 0 fully saturated rings. The zero-order chi connectivity index (χ0) is 19.9. The van der Waals surface area contributed by atoms with Gasteiger partial charge in [-0.2, -0.15) is 5.10 Å². The van der Waals surface area contributed by atoms with E-state index in [1.54, 1.807) is 0 Å². The molecule has 7 nitrogen and oxygen atoms in total. The second kappa shape index (κ2) is 9.48. The van der Waals surface area contributed by atoms with Gasteiger partial charge < -0.3 is 20.1 Å². The second-order valence-corrected chi connectivity index (χ2v) is 6.78. The number of nitrogens with zero attached hydrogens (tertiary/aromatic N) is 3. The first-order chi connectivity index (χ1) is 13.7. The highest BCUT2D eigenvalue weighted by molar-refractivity contribution is 5.79. The van der Waals surface area contributed by atoms with Gasteiger partial charge in [-0.15, -0.1) is 0 Å². The van der Waals surface area contributed by atoms with Crippen LogP contribution in [0.15, 0.2) is 29.3 Å². The highest BCUT2D eigenvalue weighted by Crippen LogP contribution is 2.30. The molecule has 0 bridgehead atoms. The molecule has 0 amide bonds. The van der Waals surface area contributed by atoms with Crippen LogP contribution in [0.1, 0.15) is 37.7 Å². The number of para-hydroxylation sites is 2. The third-order valence-corrected chi connectivity index (χ3v) is 4.83. The van der Waals surface area contributed by atoms with E-state index in [0.29, 0.717) is 19.7 Å².